The van der Waals surface area contributed by atoms with Crippen LogP contribution in [-0.4, -0.2) is 5.96 Å². The van der Waals surface area contributed by atoms with E-state index < -0.39 is 0 Å². The summed E-state index contributed by atoms with van der Waals surface area (Å²) in [6, 6.07) is 6.83. The highest BCUT2D eigenvalue weighted by atomic mass is 35.5. The molecule has 0 aliphatic rings. The van der Waals surface area contributed by atoms with Crippen LogP contribution in [0.5, 0.6) is 0 Å². The predicted octanol–water partition coefficient (Wildman–Crippen LogP) is 2.32. The maximum Gasteiger partial charge on any atom is 0.232 e. The fourth-order valence-corrected chi connectivity index (χ4v) is 0.834. The van der Waals surface area contributed by atoms with Gasteiger partial charge in [0.1, 0.15) is 0 Å². The number of nitrogens with one attached hydrogen (secondary N) is 1. The van der Waals surface area contributed by atoms with Crippen molar-refractivity contribution in [3.63, 3.8) is 0 Å². The molecular weight excluding hydrogens is 176 g/mol. The van der Waals surface area contributed by atoms with Crippen LogP contribution in [0.15, 0.2) is 34.5 Å². The predicted molar refractivity (Wildman–Crippen MR) is 47.9 cm³/mol. The normalized spacial score (nSPS) is 10.4. The Morgan fingerprint density at radius 3 is 2.83 bits per heavy atom. The molecule has 12 heavy (non-hydrogen) atoms. The lowest BCUT2D eigenvalue weighted by atomic mass is 10.3. The van der Waals surface area contributed by atoms with E-state index in [1.165, 1.54) is 0 Å². The van der Waals surface area contributed by atoms with E-state index in [4.69, 9.17) is 22.7 Å². The van der Waals surface area contributed by atoms with E-state index in [1.807, 2.05) is 0 Å². The van der Waals surface area contributed by atoms with Crippen molar-refractivity contribution in [2.24, 2.45) is 16.0 Å². The molecule has 0 spiro atoms. The van der Waals surface area contributed by atoms with Gasteiger partial charge in [-0.25, -0.2) is 0 Å². The number of azo groups is 1. The molecule has 3 N–H and O–H groups in total. The Morgan fingerprint density at radius 1 is 1.50 bits per heavy atom. The summed E-state index contributed by atoms with van der Waals surface area (Å²) in [7, 11) is 0. The molecule has 0 radical (unpaired) electrons. The van der Waals surface area contributed by atoms with Gasteiger partial charge in [-0.2, -0.15) is 0 Å². The smallest absolute Gasteiger partial charge is 0.232 e. The monoisotopic (exact) mass is 182 g/mol. The topological polar surface area (TPSA) is 74.6 Å². The number of hydrogen-bond donors (Lipinski definition) is 2. The van der Waals surface area contributed by atoms with Crippen molar-refractivity contribution in [3.05, 3.63) is 29.3 Å². The van der Waals surface area contributed by atoms with Crippen molar-refractivity contribution in [3.8, 4) is 0 Å². The van der Waals surface area contributed by atoms with Gasteiger partial charge >= 0.3 is 0 Å². The second kappa shape index (κ2) is 3.82. The van der Waals surface area contributed by atoms with Gasteiger partial charge in [0.15, 0.2) is 0 Å². The van der Waals surface area contributed by atoms with E-state index in [9.17, 15) is 0 Å². The zero-order valence-corrected chi connectivity index (χ0v) is 6.92. The number of rotatable bonds is 1. The average molecular weight is 183 g/mol. The second-order valence-electron chi connectivity index (χ2n) is 2.07. The Kier molecular flexibility index (Phi) is 2.76. The average Bonchev–Trinajstić information content (AvgIpc) is 2.01. The molecule has 0 unspecified atom stereocenters. The van der Waals surface area contributed by atoms with Gasteiger partial charge in [-0.15, -0.1) is 10.2 Å². The third-order valence-electron chi connectivity index (χ3n) is 1.08. The Morgan fingerprint density at radius 2 is 2.25 bits per heavy atom. The van der Waals surface area contributed by atoms with Crippen LogP contribution in [0.2, 0.25) is 5.02 Å². The first-order valence-corrected chi connectivity index (χ1v) is 3.57. The molecule has 1 aromatic carbocycles. The summed E-state index contributed by atoms with van der Waals surface area (Å²) < 4.78 is 0. The maximum atomic E-state index is 6.78. The van der Waals surface area contributed by atoms with E-state index in [1.54, 1.807) is 24.3 Å². The van der Waals surface area contributed by atoms with Gasteiger partial charge in [0.2, 0.25) is 5.96 Å². The Balaban J connectivity index is 2.83. The molecule has 5 heteroatoms. The van der Waals surface area contributed by atoms with E-state index >= 15 is 0 Å². The minimum atomic E-state index is -0.324. The fraction of sp³-hybridized carbons (Fsp3) is 0. The number of hydrogen-bond acceptors (Lipinski definition) is 2. The molecule has 62 valence electrons. The van der Waals surface area contributed by atoms with Gasteiger partial charge in [0.25, 0.3) is 0 Å². The van der Waals surface area contributed by atoms with E-state index in [2.05, 4.69) is 10.2 Å². The first kappa shape index (κ1) is 8.67. The molecule has 4 nitrogen and oxygen atoms in total. The maximum absolute atomic E-state index is 6.78. The van der Waals surface area contributed by atoms with Crippen molar-refractivity contribution < 1.29 is 0 Å². The van der Waals surface area contributed by atoms with Gasteiger partial charge in [-0.05, 0) is 18.2 Å². The molecule has 0 fully saturated rings. The Bertz CT molecular complexity index is 321. The lowest BCUT2D eigenvalue weighted by Gasteiger charge is -1.91. The lowest BCUT2D eigenvalue weighted by Crippen LogP contribution is -2.03. The minimum Gasteiger partial charge on any atom is -0.367 e. The summed E-state index contributed by atoms with van der Waals surface area (Å²) in [4.78, 5) is 0. The van der Waals surface area contributed by atoms with Crippen molar-refractivity contribution in [2.75, 3.05) is 0 Å². The largest absolute Gasteiger partial charge is 0.367 e. The van der Waals surface area contributed by atoms with Gasteiger partial charge < -0.3 is 5.73 Å². The molecule has 0 aliphatic carbocycles. The Labute approximate surface area is 74.6 Å². The van der Waals surface area contributed by atoms with Crippen molar-refractivity contribution in [1.29, 1.82) is 5.41 Å². The zero-order valence-electron chi connectivity index (χ0n) is 6.16. The van der Waals surface area contributed by atoms with Crippen molar-refractivity contribution >= 4 is 23.2 Å². The third kappa shape index (κ3) is 2.67. The first-order valence-electron chi connectivity index (χ1n) is 3.20. The summed E-state index contributed by atoms with van der Waals surface area (Å²) in [5.41, 5.74) is 5.55. The van der Waals surface area contributed by atoms with Gasteiger partial charge in [-0.3, -0.25) is 5.41 Å². The van der Waals surface area contributed by atoms with Crippen LogP contribution in [0, 0.1) is 5.41 Å². The van der Waals surface area contributed by atoms with Crippen molar-refractivity contribution in [1.82, 2.24) is 0 Å². The van der Waals surface area contributed by atoms with E-state index in [0.717, 1.165) is 0 Å². The molecule has 0 amide bonds. The van der Waals surface area contributed by atoms with Crippen LogP contribution < -0.4 is 5.73 Å². The molecule has 0 aliphatic heterocycles. The number of guanidine groups is 1. The van der Waals surface area contributed by atoms with Crippen LogP contribution in [0.1, 0.15) is 0 Å². The summed E-state index contributed by atoms with van der Waals surface area (Å²) in [6.07, 6.45) is 0. The Hall–Kier alpha value is -1.42. The summed E-state index contributed by atoms with van der Waals surface area (Å²) in [5, 5.41) is 14.4. The highest BCUT2D eigenvalue weighted by Crippen LogP contribution is 2.17. The van der Waals surface area contributed by atoms with Crippen molar-refractivity contribution in [2.45, 2.75) is 0 Å². The SMILES string of the molecule is N=C(N)N=Nc1cccc(Cl)c1. The molecule has 1 rings (SSSR count). The van der Waals surface area contributed by atoms with E-state index in [-0.39, 0.29) is 5.96 Å². The molecule has 0 heterocycles. The highest BCUT2D eigenvalue weighted by Gasteiger charge is 1.90. The lowest BCUT2D eigenvalue weighted by molar-refractivity contribution is 1.22. The van der Waals surface area contributed by atoms with Crippen LogP contribution in [0.3, 0.4) is 0 Å². The van der Waals surface area contributed by atoms with Crippen LogP contribution in [0.4, 0.5) is 5.69 Å². The molecular formula is C7H7ClN4. The molecule has 0 saturated heterocycles. The molecule has 1 aromatic rings. The summed E-state index contributed by atoms with van der Waals surface area (Å²) in [6.45, 7) is 0. The fourth-order valence-electron chi connectivity index (χ4n) is 0.650. The van der Waals surface area contributed by atoms with E-state index in [0.29, 0.717) is 10.7 Å². The zero-order chi connectivity index (χ0) is 8.97. The van der Waals surface area contributed by atoms with Gasteiger partial charge in [-0.1, -0.05) is 17.7 Å². The van der Waals surface area contributed by atoms with Gasteiger partial charge in [0, 0.05) is 5.02 Å². The van der Waals surface area contributed by atoms with Crippen LogP contribution >= 0.6 is 11.6 Å². The third-order valence-corrected chi connectivity index (χ3v) is 1.32. The second-order valence-corrected chi connectivity index (χ2v) is 2.50. The number of nitrogens with zero attached hydrogens (tertiary/aromatic N) is 2. The molecule has 0 bridgehead atoms. The highest BCUT2D eigenvalue weighted by molar-refractivity contribution is 6.30. The number of halogens is 1. The van der Waals surface area contributed by atoms with Crippen LogP contribution in [0.25, 0.3) is 0 Å². The molecule has 0 saturated carbocycles. The molecule has 0 aromatic heterocycles. The quantitative estimate of drug-likeness (QED) is 0.390. The number of benzene rings is 1. The first-order chi connectivity index (χ1) is 5.68. The summed E-state index contributed by atoms with van der Waals surface area (Å²) >= 11 is 5.67. The minimum absolute atomic E-state index is 0.324. The molecule has 0 atom stereocenters. The summed E-state index contributed by atoms with van der Waals surface area (Å²) in [5.74, 6) is -0.324. The van der Waals surface area contributed by atoms with Gasteiger partial charge in [0.05, 0.1) is 5.69 Å². The number of nitrogens with two attached hydrogens (primary N) is 1. The standard InChI is InChI=1S/C7H7ClN4/c8-5-2-1-3-6(4-5)11-12-7(9)10/h1-4H,(H3,9,10). The van der Waals surface area contributed by atoms with Crippen LogP contribution in [-0.2, 0) is 0 Å².